The number of benzene rings is 1. The van der Waals surface area contributed by atoms with Crippen LogP contribution in [-0.4, -0.2) is 42.9 Å². The third-order valence-electron chi connectivity index (χ3n) is 5.26. The summed E-state index contributed by atoms with van der Waals surface area (Å²) in [5.41, 5.74) is 7.28. The highest BCUT2D eigenvalue weighted by Crippen LogP contribution is 2.37. The van der Waals surface area contributed by atoms with Crippen molar-refractivity contribution in [3.63, 3.8) is 0 Å². The van der Waals surface area contributed by atoms with E-state index in [0.717, 1.165) is 24.1 Å². The summed E-state index contributed by atoms with van der Waals surface area (Å²) in [4.78, 5) is 38.4. The van der Waals surface area contributed by atoms with Crippen molar-refractivity contribution < 1.29 is 14.4 Å². The number of carbonyl (C=O) groups is 3. The van der Waals surface area contributed by atoms with Gasteiger partial charge in [-0.15, -0.1) is 0 Å². The van der Waals surface area contributed by atoms with Gasteiger partial charge in [-0.1, -0.05) is 18.2 Å². The maximum atomic E-state index is 12.6. The van der Waals surface area contributed by atoms with Gasteiger partial charge in [-0.2, -0.15) is 0 Å². The Morgan fingerprint density at radius 3 is 2.85 bits per heavy atom. The van der Waals surface area contributed by atoms with E-state index in [4.69, 9.17) is 5.73 Å². The molecule has 0 aliphatic carbocycles. The predicted molar refractivity (Wildman–Crippen MR) is 98.6 cm³/mol. The highest BCUT2D eigenvalue weighted by Gasteiger charge is 2.34. The number of nitrogens with two attached hydrogens (primary N) is 1. The fourth-order valence-corrected chi connectivity index (χ4v) is 3.86. The number of fused-ring (bicyclic) bond motifs is 1. The molecule has 2 aliphatic heterocycles. The van der Waals surface area contributed by atoms with E-state index in [1.807, 2.05) is 36.1 Å². The summed E-state index contributed by atoms with van der Waals surface area (Å²) in [5.74, 6) is -0.986. The standard InChI is InChI=1S/C19H26N4O3/c1-12-10-14(18(20)25)13-6-2-3-8-16(13)23(12)11-17(24)22-15-7-4-5-9-21-19(15)26/h2-3,6,8,12,14-15H,4-5,7,9-11H2,1H3,(H2,20,25)(H,21,26)(H,22,24)/t12-,14+,15-/m1/s1. The molecule has 0 radical (unpaired) electrons. The van der Waals surface area contributed by atoms with Crippen molar-refractivity contribution in [2.45, 2.75) is 50.6 Å². The Kier molecular flexibility index (Phi) is 5.44. The molecule has 3 atom stereocenters. The molecule has 0 aromatic heterocycles. The van der Waals surface area contributed by atoms with Crippen LogP contribution in [-0.2, 0) is 14.4 Å². The summed E-state index contributed by atoms with van der Waals surface area (Å²) in [7, 11) is 0. The number of carbonyl (C=O) groups excluding carboxylic acids is 3. The molecule has 2 aliphatic rings. The van der Waals surface area contributed by atoms with E-state index in [-0.39, 0.29) is 36.2 Å². The average Bonchev–Trinajstić information content (AvgIpc) is 2.81. The van der Waals surface area contributed by atoms with Crippen LogP contribution in [0.5, 0.6) is 0 Å². The third kappa shape index (κ3) is 3.81. The zero-order chi connectivity index (χ0) is 18.7. The Morgan fingerprint density at radius 1 is 1.31 bits per heavy atom. The molecular formula is C19H26N4O3. The van der Waals surface area contributed by atoms with Crippen molar-refractivity contribution in [2.75, 3.05) is 18.0 Å². The molecule has 2 heterocycles. The first-order valence-corrected chi connectivity index (χ1v) is 9.19. The summed E-state index contributed by atoms with van der Waals surface area (Å²) >= 11 is 0. The minimum absolute atomic E-state index is 0.00360. The van der Waals surface area contributed by atoms with Gasteiger partial charge in [0.15, 0.2) is 0 Å². The number of hydrogen-bond acceptors (Lipinski definition) is 4. The van der Waals surface area contributed by atoms with Crippen molar-refractivity contribution in [2.24, 2.45) is 5.73 Å². The minimum atomic E-state index is -0.473. The second kappa shape index (κ2) is 7.76. The molecule has 3 amide bonds. The molecule has 3 rings (SSSR count). The van der Waals surface area contributed by atoms with Crippen molar-refractivity contribution in [1.82, 2.24) is 10.6 Å². The summed E-state index contributed by atoms with van der Waals surface area (Å²) in [6.45, 7) is 2.79. The van der Waals surface area contributed by atoms with E-state index >= 15 is 0 Å². The van der Waals surface area contributed by atoms with Crippen LogP contribution in [0.2, 0.25) is 0 Å². The number of rotatable bonds is 4. The zero-order valence-electron chi connectivity index (χ0n) is 15.0. The van der Waals surface area contributed by atoms with Gasteiger partial charge in [-0.05, 0) is 44.2 Å². The summed E-state index contributed by atoms with van der Waals surface area (Å²) in [6, 6.07) is 7.08. The van der Waals surface area contributed by atoms with Crippen molar-refractivity contribution >= 4 is 23.4 Å². The van der Waals surface area contributed by atoms with Gasteiger partial charge in [0, 0.05) is 18.3 Å². The number of hydrogen-bond donors (Lipinski definition) is 3. The van der Waals surface area contributed by atoms with Crippen molar-refractivity contribution in [3.05, 3.63) is 29.8 Å². The predicted octanol–water partition coefficient (Wildman–Crippen LogP) is 0.639. The van der Waals surface area contributed by atoms with Gasteiger partial charge in [0.1, 0.15) is 6.04 Å². The lowest BCUT2D eigenvalue weighted by Gasteiger charge is -2.39. The minimum Gasteiger partial charge on any atom is -0.369 e. The number of nitrogens with one attached hydrogen (secondary N) is 2. The lowest BCUT2D eigenvalue weighted by molar-refractivity contribution is -0.128. The molecule has 1 fully saturated rings. The Morgan fingerprint density at radius 2 is 2.08 bits per heavy atom. The van der Waals surface area contributed by atoms with Crippen molar-refractivity contribution in [1.29, 1.82) is 0 Å². The van der Waals surface area contributed by atoms with Gasteiger partial charge < -0.3 is 21.3 Å². The van der Waals surface area contributed by atoms with Gasteiger partial charge in [-0.25, -0.2) is 0 Å². The first-order valence-electron chi connectivity index (χ1n) is 9.19. The molecule has 7 heteroatoms. The number of amides is 3. The monoisotopic (exact) mass is 358 g/mol. The van der Waals surface area contributed by atoms with Gasteiger partial charge >= 0.3 is 0 Å². The highest BCUT2D eigenvalue weighted by atomic mass is 16.2. The van der Waals surface area contributed by atoms with Gasteiger partial charge in [0.2, 0.25) is 17.7 Å². The molecule has 1 aromatic rings. The highest BCUT2D eigenvalue weighted by molar-refractivity contribution is 5.91. The Bertz CT molecular complexity index is 706. The number of nitrogens with zero attached hydrogens (tertiary/aromatic N) is 1. The fraction of sp³-hybridized carbons (Fsp3) is 0.526. The van der Waals surface area contributed by atoms with Gasteiger partial charge in [-0.3, -0.25) is 14.4 Å². The smallest absolute Gasteiger partial charge is 0.242 e. The first-order chi connectivity index (χ1) is 12.5. The van der Waals surface area contributed by atoms with Crippen LogP contribution in [0.3, 0.4) is 0 Å². The van der Waals surface area contributed by atoms with Crippen LogP contribution >= 0.6 is 0 Å². The van der Waals surface area contributed by atoms with Gasteiger partial charge in [0.25, 0.3) is 0 Å². The maximum absolute atomic E-state index is 12.6. The molecule has 0 unspecified atom stereocenters. The van der Waals surface area contributed by atoms with Crippen LogP contribution in [0.4, 0.5) is 5.69 Å². The molecule has 1 saturated heterocycles. The molecule has 26 heavy (non-hydrogen) atoms. The molecule has 140 valence electrons. The molecule has 0 spiro atoms. The van der Waals surface area contributed by atoms with E-state index in [0.29, 0.717) is 19.4 Å². The summed E-state index contributed by atoms with van der Waals surface area (Å²) in [5, 5.41) is 5.68. The number of anilines is 1. The van der Waals surface area contributed by atoms with E-state index in [2.05, 4.69) is 10.6 Å². The summed E-state index contributed by atoms with van der Waals surface area (Å²) in [6.07, 6.45) is 3.08. The summed E-state index contributed by atoms with van der Waals surface area (Å²) < 4.78 is 0. The molecule has 1 aromatic carbocycles. The second-order valence-electron chi connectivity index (χ2n) is 7.13. The van der Waals surface area contributed by atoms with E-state index in [1.165, 1.54) is 0 Å². The van der Waals surface area contributed by atoms with Crippen LogP contribution in [0, 0.1) is 0 Å². The molecule has 0 bridgehead atoms. The zero-order valence-corrected chi connectivity index (χ0v) is 15.0. The Balaban J connectivity index is 1.74. The topological polar surface area (TPSA) is 105 Å². The fourth-order valence-electron chi connectivity index (χ4n) is 3.86. The van der Waals surface area contributed by atoms with Crippen molar-refractivity contribution in [3.8, 4) is 0 Å². The second-order valence-corrected chi connectivity index (χ2v) is 7.13. The van der Waals surface area contributed by atoms with Crippen LogP contribution in [0.25, 0.3) is 0 Å². The SMILES string of the molecule is C[C@@H]1C[C@H](C(N)=O)c2ccccc2N1CC(=O)N[C@@H]1CCCCNC1=O. The van der Waals surface area contributed by atoms with Crippen LogP contribution in [0.1, 0.15) is 44.1 Å². The maximum Gasteiger partial charge on any atom is 0.242 e. The van der Waals surface area contributed by atoms with Gasteiger partial charge in [0.05, 0.1) is 12.5 Å². The molecule has 0 saturated carbocycles. The average molecular weight is 358 g/mol. The largest absolute Gasteiger partial charge is 0.369 e. The number of primary amides is 1. The Hall–Kier alpha value is -2.57. The lowest BCUT2D eigenvalue weighted by Crippen LogP contribution is -2.51. The molecule has 4 N–H and O–H groups in total. The Labute approximate surface area is 153 Å². The van der Waals surface area contributed by atoms with E-state index in [9.17, 15) is 14.4 Å². The van der Waals surface area contributed by atoms with Crippen LogP contribution < -0.4 is 21.3 Å². The normalized spacial score (nSPS) is 25.7. The quantitative estimate of drug-likeness (QED) is 0.734. The van der Waals surface area contributed by atoms with E-state index in [1.54, 1.807) is 0 Å². The van der Waals surface area contributed by atoms with Crippen LogP contribution in [0.15, 0.2) is 24.3 Å². The third-order valence-corrected chi connectivity index (χ3v) is 5.26. The first kappa shape index (κ1) is 18.2. The number of para-hydroxylation sites is 1. The van der Waals surface area contributed by atoms with E-state index < -0.39 is 6.04 Å². The molecule has 7 nitrogen and oxygen atoms in total. The lowest BCUT2D eigenvalue weighted by atomic mass is 9.85. The molecular weight excluding hydrogens is 332 g/mol.